The Morgan fingerprint density at radius 1 is 1.15 bits per heavy atom. The third-order valence-corrected chi connectivity index (χ3v) is 3.86. The lowest BCUT2D eigenvalue weighted by Gasteiger charge is -2.17. The largest absolute Gasteiger partial charge is 0.452 e. The summed E-state index contributed by atoms with van der Waals surface area (Å²) in [7, 11) is 1.54. The highest BCUT2D eigenvalue weighted by Gasteiger charge is 2.16. The SMILES string of the molecule is Cc1cccc(C(=O)OCC(=O)N(C)Cc2ccc(OC(F)F)cc2)c1N. The van der Waals surface area contributed by atoms with Crippen molar-refractivity contribution in [2.45, 2.75) is 20.1 Å². The number of amides is 1. The van der Waals surface area contributed by atoms with E-state index in [0.29, 0.717) is 11.3 Å². The number of nitrogens with two attached hydrogens (primary N) is 1. The van der Waals surface area contributed by atoms with Crippen LogP contribution >= 0.6 is 0 Å². The van der Waals surface area contributed by atoms with E-state index in [-0.39, 0.29) is 17.9 Å². The van der Waals surface area contributed by atoms with Crippen molar-refractivity contribution in [3.63, 3.8) is 0 Å². The number of rotatable bonds is 7. The minimum absolute atomic E-state index is 0.0346. The molecule has 0 aliphatic carbocycles. The first-order valence-electron chi connectivity index (χ1n) is 8.08. The van der Waals surface area contributed by atoms with Crippen LogP contribution in [0.25, 0.3) is 0 Å². The van der Waals surface area contributed by atoms with Gasteiger partial charge >= 0.3 is 12.6 Å². The van der Waals surface area contributed by atoms with Crippen molar-refractivity contribution in [3.05, 3.63) is 59.2 Å². The lowest BCUT2D eigenvalue weighted by atomic mass is 10.1. The highest BCUT2D eigenvalue weighted by Crippen LogP contribution is 2.18. The fraction of sp³-hybridized carbons (Fsp3) is 0.263. The van der Waals surface area contributed by atoms with Gasteiger partial charge in [0.2, 0.25) is 0 Å². The Morgan fingerprint density at radius 3 is 2.44 bits per heavy atom. The summed E-state index contributed by atoms with van der Waals surface area (Å²) < 4.78 is 33.6. The third-order valence-electron chi connectivity index (χ3n) is 3.86. The molecule has 1 amide bonds. The van der Waals surface area contributed by atoms with Crippen LogP contribution in [0.15, 0.2) is 42.5 Å². The molecular formula is C19H20F2N2O4. The second-order valence-corrected chi connectivity index (χ2v) is 5.88. The molecule has 0 aromatic heterocycles. The van der Waals surface area contributed by atoms with Gasteiger partial charge in [0.05, 0.1) is 5.56 Å². The van der Waals surface area contributed by atoms with Crippen LogP contribution in [0.4, 0.5) is 14.5 Å². The predicted molar refractivity (Wildman–Crippen MR) is 95.4 cm³/mol. The molecule has 2 rings (SSSR count). The molecular weight excluding hydrogens is 358 g/mol. The van der Waals surface area contributed by atoms with Crippen molar-refractivity contribution in [2.24, 2.45) is 0 Å². The second kappa shape index (κ2) is 8.98. The minimum atomic E-state index is -2.89. The molecule has 0 aliphatic heterocycles. The van der Waals surface area contributed by atoms with Crippen LogP contribution in [-0.2, 0) is 16.1 Å². The third kappa shape index (κ3) is 5.67. The van der Waals surface area contributed by atoms with Crippen LogP contribution in [0.5, 0.6) is 5.75 Å². The van der Waals surface area contributed by atoms with Crippen molar-refractivity contribution in [1.29, 1.82) is 0 Å². The Labute approximate surface area is 155 Å². The van der Waals surface area contributed by atoms with Crippen LogP contribution in [0.3, 0.4) is 0 Å². The molecule has 6 nitrogen and oxygen atoms in total. The van der Waals surface area contributed by atoms with Crippen LogP contribution in [0.2, 0.25) is 0 Å². The van der Waals surface area contributed by atoms with Gasteiger partial charge in [0.1, 0.15) is 5.75 Å². The van der Waals surface area contributed by atoms with Gasteiger partial charge in [-0.25, -0.2) is 4.79 Å². The highest BCUT2D eigenvalue weighted by molar-refractivity contribution is 5.96. The number of esters is 1. The van der Waals surface area contributed by atoms with Crippen molar-refractivity contribution >= 4 is 17.6 Å². The molecule has 0 unspecified atom stereocenters. The number of anilines is 1. The Bertz CT molecular complexity index is 810. The highest BCUT2D eigenvalue weighted by atomic mass is 19.3. The Hall–Kier alpha value is -3.16. The monoisotopic (exact) mass is 378 g/mol. The number of alkyl halides is 2. The number of nitrogens with zero attached hydrogens (tertiary/aromatic N) is 1. The van der Waals surface area contributed by atoms with Gasteiger partial charge in [-0.1, -0.05) is 24.3 Å². The fourth-order valence-corrected chi connectivity index (χ4v) is 2.31. The Morgan fingerprint density at radius 2 is 1.81 bits per heavy atom. The fourth-order valence-electron chi connectivity index (χ4n) is 2.31. The molecule has 144 valence electrons. The molecule has 2 N–H and O–H groups in total. The standard InChI is InChI=1S/C19H20F2N2O4/c1-12-4-3-5-15(17(12)22)18(25)26-11-16(24)23(2)10-13-6-8-14(9-7-13)27-19(20)21/h3-9,19H,10-11,22H2,1-2H3. The second-order valence-electron chi connectivity index (χ2n) is 5.88. The number of benzene rings is 2. The van der Waals surface area contributed by atoms with Gasteiger partial charge in [0, 0.05) is 19.3 Å². The van der Waals surface area contributed by atoms with Crippen LogP contribution in [0, 0.1) is 6.92 Å². The van der Waals surface area contributed by atoms with E-state index in [4.69, 9.17) is 10.5 Å². The van der Waals surface area contributed by atoms with Crippen molar-refractivity contribution in [2.75, 3.05) is 19.4 Å². The van der Waals surface area contributed by atoms with E-state index in [1.807, 2.05) is 0 Å². The summed E-state index contributed by atoms with van der Waals surface area (Å²) >= 11 is 0. The molecule has 27 heavy (non-hydrogen) atoms. The van der Waals surface area contributed by atoms with E-state index >= 15 is 0 Å². The molecule has 0 saturated heterocycles. The van der Waals surface area contributed by atoms with Gasteiger partial charge in [-0.05, 0) is 36.2 Å². The number of likely N-dealkylation sites (N-methyl/N-ethyl adjacent to an activating group) is 1. The summed E-state index contributed by atoms with van der Waals surface area (Å²) in [6.07, 6.45) is 0. The molecule has 0 heterocycles. The molecule has 0 bridgehead atoms. The molecule has 0 spiro atoms. The maximum Gasteiger partial charge on any atom is 0.387 e. The molecule has 0 saturated carbocycles. The van der Waals surface area contributed by atoms with E-state index in [9.17, 15) is 18.4 Å². The van der Waals surface area contributed by atoms with Gasteiger partial charge in [-0.15, -0.1) is 0 Å². The van der Waals surface area contributed by atoms with Gasteiger partial charge < -0.3 is 20.1 Å². The van der Waals surface area contributed by atoms with Crippen molar-refractivity contribution in [3.8, 4) is 5.75 Å². The van der Waals surface area contributed by atoms with Gasteiger partial charge in [-0.2, -0.15) is 8.78 Å². The van der Waals surface area contributed by atoms with E-state index < -0.39 is 25.1 Å². The number of carbonyl (C=O) groups excluding carboxylic acids is 2. The lowest BCUT2D eigenvalue weighted by Crippen LogP contribution is -2.31. The predicted octanol–water partition coefficient (Wildman–Crippen LogP) is 2.99. The summed E-state index contributed by atoms with van der Waals surface area (Å²) in [5.41, 5.74) is 7.82. The molecule has 0 fully saturated rings. The number of hydrogen-bond donors (Lipinski definition) is 1. The molecule has 0 atom stereocenters. The molecule has 8 heteroatoms. The van der Waals surface area contributed by atoms with E-state index in [1.54, 1.807) is 38.2 Å². The topological polar surface area (TPSA) is 81.9 Å². The Kier molecular flexibility index (Phi) is 6.70. The maximum atomic E-state index is 12.1. The zero-order valence-electron chi connectivity index (χ0n) is 14.9. The first-order valence-corrected chi connectivity index (χ1v) is 8.08. The van der Waals surface area contributed by atoms with Crippen LogP contribution in [-0.4, -0.2) is 37.0 Å². The van der Waals surface area contributed by atoms with E-state index in [0.717, 1.165) is 5.56 Å². The van der Waals surface area contributed by atoms with Crippen LogP contribution < -0.4 is 10.5 Å². The average Bonchev–Trinajstić information content (AvgIpc) is 2.62. The first kappa shape index (κ1) is 20.2. The van der Waals surface area contributed by atoms with Crippen LogP contribution in [0.1, 0.15) is 21.5 Å². The first-order chi connectivity index (χ1) is 12.8. The van der Waals surface area contributed by atoms with Gasteiger partial charge in [-0.3, -0.25) is 4.79 Å². The summed E-state index contributed by atoms with van der Waals surface area (Å²) in [5, 5.41) is 0. The van der Waals surface area contributed by atoms with Gasteiger partial charge in [0.25, 0.3) is 5.91 Å². The van der Waals surface area contributed by atoms with Crippen molar-refractivity contribution < 1.29 is 27.8 Å². The number of nitrogen functional groups attached to an aromatic ring is 1. The minimum Gasteiger partial charge on any atom is -0.452 e. The molecule has 0 aliphatic rings. The van der Waals surface area contributed by atoms with Crippen molar-refractivity contribution in [1.82, 2.24) is 4.90 Å². The zero-order valence-corrected chi connectivity index (χ0v) is 14.9. The number of para-hydroxylation sites is 1. The lowest BCUT2D eigenvalue weighted by molar-refractivity contribution is -0.133. The summed E-state index contributed by atoms with van der Waals surface area (Å²) in [5.74, 6) is -1.05. The average molecular weight is 378 g/mol. The summed E-state index contributed by atoms with van der Waals surface area (Å²) in [4.78, 5) is 25.6. The number of hydrogen-bond acceptors (Lipinski definition) is 5. The van der Waals surface area contributed by atoms with E-state index in [1.165, 1.54) is 23.1 Å². The number of aryl methyl sites for hydroxylation is 1. The molecule has 0 radical (unpaired) electrons. The Balaban J connectivity index is 1.88. The zero-order chi connectivity index (χ0) is 20.0. The van der Waals surface area contributed by atoms with E-state index in [2.05, 4.69) is 4.74 Å². The molecule has 2 aromatic rings. The number of halogens is 2. The quantitative estimate of drug-likeness (QED) is 0.592. The van der Waals surface area contributed by atoms with Gasteiger partial charge in [0.15, 0.2) is 6.61 Å². The number of carbonyl (C=O) groups is 2. The maximum absolute atomic E-state index is 12.1. The summed E-state index contributed by atoms with van der Waals surface area (Å²) in [6.45, 7) is -1.34. The normalized spacial score (nSPS) is 10.6. The molecule has 2 aromatic carbocycles. The number of ether oxygens (including phenoxy) is 2. The summed E-state index contributed by atoms with van der Waals surface area (Å²) in [6, 6.07) is 10.9. The smallest absolute Gasteiger partial charge is 0.387 e.